The number of nitrogens with zero attached hydrogens (tertiary/aromatic N) is 3. The molecule has 6 nitrogen and oxygen atoms in total. The van der Waals surface area contributed by atoms with Gasteiger partial charge in [0, 0.05) is 43.7 Å². The van der Waals surface area contributed by atoms with Crippen molar-refractivity contribution in [2.45, 2.75) is 32.7 Å². The van der Waals surface area contributed by atoms with Crippen LogP contribution in [0.2, 0.25) is 0 Å². The Morgan fingerprint density at radius 2 is 2.00 bits per heavy atom. The highest BCUT2D eigenvalue weighted by atomic mass is 16.5. The molecular formula is C19H23N3O3. The third-order valence-corrected chi connectivity index (χ3v) is 4.36. The standard InChI is InChI=1S/C19H23N3O3/c1-12(2)19-20-16-8-9-22(17(24)11-25-3)10-15(16)18(21-19)13-4-6-14(23)7-5-13/h4-7,12,23H,8-11H2,1-3H3. The molecule has 0 aliphatic carbocycles. The number of benzene rings is 1. The van der Waals surface area contributed by atoms with Gasteiger partial charge in [-0.1, -0.05) is 13.8 Å². The molecule has 1 N–H and O–H groups in total. The van der Waals surface area contributed by atoms with Crippen LogP contribution < -0.4 is 0 Å². The van der Waals surface area contributed by atoms with Gasteiger partial charge in [-0.3, -0.25) is 4.79 Å². The van der Waals surface area contributed by atoms with E-state index in [1.807, 2.05) is 12.1 Å². The summed E-state index contributed by atoms with van der Waals surface area (Å²) in [4.78, 5) is 23.5. The zero-order valence-corrected chi connectivity index (χ0v) is 14.8. The van der Waals surface area contributed by atoms with E-state index < -0.39 is 0 Å². The lowest BCUT2D eigenvalue weighted by atomic mass is 9.98. The number of methoxy groups -OCH3 is 1. The van der Waals surface area contributed by atoms with Gasteiger partial charge in [0.2, 0.25) is 5.91 Å². The molecule has 1 aromatic carbocycles. The second-order valence-electron chi connectivity index (χ2n) is 6.56. The molecule has 0 spiro atoms. The van der Waals surface area contributed by atoms with Crippen molar-refractivity contribution in [3.05, 3.63) is 41.3 Å². The fourth-order valence-corrected chi connectivity index (χ4v) is 2.98. The predicted octanol–water partition coefficient (Wildman–Crippen LogP) is 2.50. The van der Waals surface area contributed by atoms with E-state index in [-0.39, 0.29) is 24.2 Å². The maximum absolute atomic E-state index is 12.2. The molecule has 0 radical (unpaired) electrons. The lowest BCUT2D eigenvalue weighted by Crippen LogP contribution is -2.39. The van der Waals surface area contributed by atoms with Crippen molar-refractivity contribution < 1.29 is 14.6 Å². The minimum atomic E-state index is -0.0299. The lowest BCUT2D eigenvalue weighted by molar-refractivity contribution is -0.136. The zero-order valence-electron chi connectivity index (χ0n) is 14.8. The average Bonchev–Trinajstić information content (AvgIpc) is 2.61. The second-order valence-corrected chi connectivity index (χ2v) is 6.56. The Labute approximate surface area is 147 Å². The van der Waals surface area contributed by atoms with Gasteiger partial charge < -0.3 is 14.7 Å². The molecule has 0 bridgehead atoms. The van der Waals surface area contributed by atoms with Crippen LogP contribution in [-0.2, 0) is 22.5 Å². The first-order valence-corrected chi connectivity index (χ1v) is 8.45. The van der Waals surface area contributed by atoms with E-state index >= 15 is 0 Å². The van der Waals surface area contributed by atoms with Crippen molar-refractivity contribution in [3.63, 3.8) is 0 Å². The van der Waals surface area contributed by atoms with Crippen LogP contribution in [0.25, 0.3) is 11.3 Å². The summed E-state index contributed by atoms with van der Waals surface area (Å²) in [6, 6.07) is 6.99. The number of amides is 1. The second kappa shape index (κ2) is 7.19. The minimum Gasteiger partial charge on any atom is -0.508 e. The Balaban J connectivity index is 2.05. The Bertz CT molecular complexity index is 772. The van der Waals surface area contributed by atoms with Crippen molar-refractivity contribution in [1.29, 1.82) is 0 Å². The lowest BCUT2D eigenvalue weighted by Gasteiger charge is -2.30. The first-order chi connectivity index (χ1) is 12.0. The molecule has 0 fully saturated rings. The number of hydrogen-bond acceptors (Lipinski definition) is 5. The molecule has 1 aliphatic rings. The molecule has 2 aromatic rings. The summed E-state index contributed by atoms with van der Waals surface area (Å²) in [6.45, 7) is 5.33. The van der Waals surface area contributed by atoms with E-state index in [0.29, 0.717) is 19.5 Å². The van der Waals surface area contributed by atoms with Crippen molar-refractivity contribution in [2.75, 3.05) is 20.3 Å². The SMILES string of the molecule is COCC(=O)N1CCc2nc(C(C)C)nc(-c3ccc(O)cc3)c2C1. The van der Waals surface area contributed by atoms with Gasteiger partial charge in [0.15, 0.2) is 0 Å². The van der Waals surface area contributed by atoms with E-state index in [0.717, 1.165) is 28.3 Å². The number of rotatable bonds is 4. The molecule has 0 unspecified atom stereocenters. The smallest absolute Gasteiger partial charge is 0.248 e. The highest BCUT2D eigenvalue weighted by molar-refractivity contribution is 5.78. The number of aromatic nitrogens is 2. The van der Waals surface area contributed by atoms with Gasteiger partial charge in [-0.25, -0.2) is 9.97 Å². The molecule has 1 aromatic heterocycles. The fourth-order valence-electron chi connectivity index (χ4n) is 2.98. The van der Waals surface area contributed by atoms with Gasteiger partial charge in [0.05, 0.1) is 11.4 Å². The quantitative estimate of drug-likeness (QED) is 0.925. The number of ether oxygens (including phenoxy) is 1. The number of carbonyl (C=O) groups excluding carboxylic acids is 1. The van der Waals surface area contributed by atoms with Crippen molar-refractivity contribution in [1.82, 2.24) is 14.9 Å². The Hall–Kier alpha value is -2.47. The van der Waals surface area contributed by atoms with Gasteiger partial charge >= 0.3 is 0 Å². The Kier molecular flexibility index (Phi) is 4.99. The molecule has 3 rings (SSSR count). The number of phenolic OH excluding ortho intramolecular Hbond substituents is 1. The van der Waals surface area contributed by atoms with E-state index in [4.69, 9.17) is 14.7 Å². The molecule has 1 amide bonds. The first-order valence-electron chi connectivity index (χ1n) is 8.45. The largest absolute Gasteiger partial charge is 0.508 e. The maximum atomic E-state index is 12.2. The van der Waals surface area contributed by atoms with Crippen molar-refractivity contribution >= 4 is 5.91 Å². The molecule has 6 heteroatoms. The number of carbonyl (C=O) groups is 1. The monoisotopic (exact) mass is 341 g/mol. The third kappa shape index (κ3) is 3.64. The van der Waals surface area contributed by atoms with E-state index in [2.05, 4.69) is 13.8 Å². The fraction of sp³-hybridized carbons (Fsp3) is 0.421. The van der Waals surface area contributed by atoms with E-state index in [1.54, 1.807) is 17.0 Å². The van der Waals surface area contributed by atoms with Crippen LogP contribution >= 0.6 is 0 Å². The molecule has 25 heavy (non-hydrogen) atoms. The number of phenols is 1. The van der Waals surface area contributed by atoms with E-state index in [9.17, 15) is 9.90 Å². The predicted molar refractivity (Wildman–Crippen MR) is 94.2 cm³/mol. The Morgan fingerprint density at radius 1 is 1.28 bits per heavy atom. The molecule has 1 aliphatic heterocycles. The molecule has 132 valence electrons. The highest BCUT2D eigenvalue weighted by Crippen LogP contribution is 2.30. The molecule has 0 saturated carbocycles. The van der Waals surface area contributed by atoms with Gasteiger partial charge in [-0.15, -0.1) is 0 Å². The van der Waals surface area contributed by atoms with Crippen LogP contribution in [0.15, 0.2) is 24.3 Å². The number of fused-ring (bicyclic) bond motifs is 1. The van der Waals surface area contributed by atoms with Crippen LogP contribution in [0.5, 0.6) is 5.75 Å². The van der Waals surface area contributed by atoms with Crippen LogP contribution in [0.1, 0.15) is 36.8 Å². The summed E-state index contributed by atoms with van der Waals surface area (Å²) in [5.74, 6) is 1.21. The molecule has 0 atom stereocenters. The van der Waals surface area contributed by atoms with Crippen LogP contribution in [-0.4, -0.2) is 46.1 Å². The summed E-state index contributed by atoms with van der Waals surface area (Å²) >= 11 is 0. The van der Waals surface area contributed by atoms with Gasteiger partial charge in [-0.05, 0) is 24.3 Å². The summed E-state index contributed by atoms with van der Waals surface area (Å²) < 4.78 is 4.97. The Morgan fingerprint density at radius 3 is 2.64 bits per heavy atom. The van der Waals surface area contributed by atoms with Crippen molar-refractivity contribution in [3.8, 4) is 17.0 Å². The van der Waals surface area contributed by atoms with E-state index in [1.165, 1.54) is 7.11 Å². The molecule has 2 heterocycles. The van der Waals surface area contributed by atoms with Crippen LogP contribution in [0, 0.1) is 0 Å². The third-order valence-electron chi connectivity index (χ3n) is 4.36. The molecule has 0 saturated heterocycles. The van der Waals surface area contributed by atoms with Crippen LogP contribution in [0.4, 0.5) is 0 Å². The normalized spacial score (nSPS) is 13.8. The summed E-state index contributed by atoms with van der Waals surface area (Å²) in [6.07, 6.45) is 0.706. The van der Waals surface area contributed by atoms with Gasteiger partial charge in [0.25, 0.3) is 0 Å². The number of hydrogen-bond donors (Lipinski definition) is 1. The van der Waals surface area contributed by atoms with Crippen LogP contribution in [0.3, 0.4) is 0 Å². The minimum absolute atomic E-state index is 0.0299. The summed E-state index contributed by atoms with van der Waals surface area (Å²) in [5.41, 5.74) is 3.73. The summed E-state index contributed by atoms with van der Waals surface area (Å²) in [7, 11) is 1.52. The topological polar surface area (TPSA) is 75.5 Å². The first kappa shape index (κ1) is 17.4. The average molecular weight is 341 g/mol. The highest BCUT2D eigenvalue weighted by Gasteiger charge is 2.26. The summed E-state index contributed by atoms with van der Waals surface area (Å²) in [5, 5.41) is 9.56. The van der Waals surface area contributed by atoms with Gasteiger partial charge in [0.1, 0.15) is 18.2 Å². The molecular weight excluding hydrogens is 318 g/mol. The zero-order chi connectivity index (χ0) is 18.0. The maximum Gasteiger partial charge on any atom is 0.248 e. The van der Waals surface area contributed by atoms with Gasteiger partial charge in [-0.2, -0.15) is 0 Å². The van der Waals surface area contributed by atoms with Crippen molar-refractivity contribution in [2.24, 2.45) is 0 Å². The number of aromatic hydroxyl groups is 1.